The van der Waals surface area contributed by atoms with Crippen molar-refractivity contribution in [2.24, 2.45) is 0 Å². The first-order valence-corrected chi connectivity index (χ1v) is 10.3. The lowest BCUT2D eigenvalue weighted by atomic mass is 10.0. The molecule has 0 N–H and O–H groups in total. The van der Waals surface area contributed by atoms with Crippen molar-refractivity contribution < 1.29 is 4.79 Å². The van der Waals surface area contributed by atoms with Crippen molar-refractivity contribution in [2.45, 2.75) is 0 Å². The number of amides is 1. The maximum Gasteiger partial charge on any atom is 0.371 e. The highest BCUT2D eigenvalue weighted by atomic mass is 16.2. The van der Waals surface area contributed by atoms with Gasteiger partial charge in [-0.25, -0.2) is 4.79 Å². The van der Waals surface area contributed by atoms with Gasteiger partial charge < -0.3 is 0 Å². The number of aromatic nitrogens is 3. The van der Waals surface area contributed by atoms with Crippen LogP contribution in [0.5, 0.6) is 0 Å². The van der Waals surface area contributed by atoms with E-state index in [0.717, 1.165) is 32.9 Å². The standard InChI is InChI=1S/C27H20N4O/c32-27(30(24-12-6-2-7-13-24)25-14-8-3-9-15-25)31-28-20-26(29-31)23-18-16-22(17-19-23)21-10-4-1-5-11-21/h1-20H. The van der Waals surface area contributed by atoms with Gasteiger partial charge in [0.05, 0.1) is 17.6 Å². The summed E-state index contributed by atoms with van der Waals surface area (Å²) in [6.45, 7) is 0. The number of para-hydroxylation sites is 2. The third-order valence-corrected chi connectivity index (χ3v) is 5.17. The van der Waals surface area contributed by atoms with Crippen molar-refractivity contribution in [3.05, 3.63) is 121 Å². The topological polar surface area (TPSA) is 51.0 Å². The average Bonchev–Trinajstić information content (AvgIpc) is 3.37. The van der Waals surface area contributed by atoms with Crippen LogP contribution in [0.2, 0.25) is 0 Å². The molecule has 0 bridgehead atoms. The fourth-order valence-corrected chi connectivity index (χ4v) is 3.57. The number of carbonyl (C=O) groups excluding carboxylic acids is 1. The quantitative estimate of drug-likeness (QED) is 0.340. The van der Waals surface area contributed by atoms with E-state index in [1.54, 1.807) is 11.1 Å². The zero-order chi connectivity index (χ0) is 21.8. The van der Waals surface area contributed by atoms with Crippen LogP contribution >= 0.6 is 0 Å². The second kappa shape index (κ2) is 8.70. The first kappa shape index (κ1) is 19.5. The summed E-state index contributed by atoms with van der Waals surface area (Å²) in [6, 6.07) is 36.9. The lowest BCUT2D eigenvalue weighted by Crippen LogP contribution is -2.32. The summed E-state index contributed by atoms with van der Waals surface area (Å²) in [4.78, 5) is 16.1. The summed E-state index contributed by atoms with van der Waals surface area (Å²) in [7, 11) is 0. The minimum absolute atomic E-state index is 0.352. The Hall–Kier alpha value is -4.51. The van der Waals surface area contributed by atoms with E-state index in [9.17, 15) is 4.79 Å². The van der Waals surface area contributed by atoms with E-state index < -0.39 is 0 Å². The number of benzene rings is 4. The Morgan fingerprint density at radius 1 is 0.594 bits per heavy atom. The van der Waals surface area contributed by atoms with Crippen LogP contribution in [-0.2, 0) is 0 Å². The van der Waals surface area contributed by atoms with Crippen LogP contribution in [0.15, 0.2) is 121 Å². The summed E-state index contributed by atoms with van der Waals surface area (Å²) in [6.07, 6.45) is 1.61. The smallest absolute Gasteiger partial charge is 0.260 e. The van der Waals surface area contributed by atoms with E-state index in [-0.39, 0.29) is 6.03 Å². The number of anilines is 2. The Morgan fingerprint density at radius 2 is 1.06 bits per heavy atom. The highest BCUT2D eigenvalue weighted by Crippen LogP contribution is 2.27. The Morgan fingerprint density at radius 3 is 1.62 bits per heavy atom. The summed E-state index contributed by atoms with van der Waals surface area (Å²) < 4.78 is 0. The molecule has 0 aliphatic rings. The SMILES string of the molecule is O=C(N(c1ccccc1)c1ccccc1)n1ncc(-c2ccc(-c3ccccc3)cc2)n1. The summed E-state index contributed by atoms with van der Waals surface area (Å²) in [5.74, 6) is 0. The molecule has 0 radical (unpaired) electrons. The number of hydrogen-bond donors (Lipinski definition) is 0. The highest BCUT2D eigenvalue weighted by molar-refractivity contribution is 5.99. The molecule has 0 unspecified atom stereocenters. The maximum atomic E-state index is 13.4. The molecule has 1 heterocycles. The molecule has 0 atom stereocenters. The molecule has 1 aromatic heterocycles. The molecule has 5 heteroatoms. The third kappa shape index (κ3) is 3.91. The largest absolute Gasteiger partial charge is 0.371 e. The Labute approximate surface area is 186 Å². The Balaban J connectivity index is 1.45. The predicted octanol–water partition coefficient (Wildman–Crippen LogP) is 6.42. The molecule has 0 aliphatic heterocycles. The molecule has 5 nitrogen and oxygen atoms in total. The van der Waals surface area contributed by atoms with Crippen molar-refractivity contribution >= 4 is 17.4 Å². The van der Waals surface area contributed by atoms with Crippen LogP contribution in [-0.4, -0.2) is 21.0 Å². The molecule has 5 aromatic rings. The average molecular weight is 416 g/mol. The molecule has 32 heavy (non-hydrogen) atoms. The zero-order valence-electron chi connectivity index (χ0n) is 17.2. The van der Waals surface area contributed by atoms with Gasteiger partial charge in [-0.2, -0.15) is 5.10 Å². The van der Waals surface area contributed by atoms with E-state index in [1.165, 1.54) is 0 Å². The van der Waals surface area contributed by atoms with Crippen molar-refractivity contribution in [2.75, 3.05) is 4.90 Å². The molecule has 4 aromatic carbocycles. The van der Waals surface area contributed by atoms with Gasteiger partial charge in [0.25, 0.3) is 0 Å². The third-order valence-electron chi connectivity index (χ3n) is 5.17. The van der Waals surface area contributed by atoms with Gasteiger partial charge in [0, 0.05) is 5.56 Å². The fraction of sp³-hybridized carbons (Fsp3) is 0. The Bertz CT molecular complexity index is 1280. The molecule has 0 spiro atoms. The number of nitrogens with zero attached hydrogens (tertiary/aromatic N) is 4. The van der Waals surface area contributed by atoms with Crippen molar-refractivity contribution in [3.63, 3.8) is 0 Å². The Kier molecular flexibility index (Phi) is 5.29. The summed E-state index contributed by atoms with van der Waals surface area (Å²) in [5.41, 5.74) is 5.30. The number of carbonyl (C=O) groups is 1. The lowest BCUT2D eigenvalue weighted by molar-refractivity contribution is 0.244. The lowest BCUT2D eigenvalue weighted by Gasteiger charge is -2.21. The van der Waals surface area contributed by atoms with E-state index in [0.29, 0.717) is 5.69 Å². The molecule has 0 fully saturated rings. The normalized spacial score (nSPS) is 10.6. The van der Waals surface area contributed by atoms with Gasteiger partial charge >= 0.3 is 6.03 Å². The molecule has 0 aliphatic carbocycles. The molecule has 1 amide bonds. The van der Waals surface area contributed by atoms with Gasteiger partial charge in [0.2, 0.25) is 0 Å². The highest BCUT2D eigenvalue weighted by Gasteiger charge is 2.22. The number of rotatable bonds is 4. The first-order valence-electron chi connectivity index (χ1n) is 10.3. The second-order valence-electron chi connectivity index (χ2n) is 7.25. The van der Waals surface area contributed by atoms with Gasteiger partial charge in [-0.15, -0.1) is 5.10 Å². The van der Waals surface area contributed by atoms with E-state index in [4.69, 9.17) is 0 Å². The van der Waals surface area contributed by atoms with Crippen LogP contribution in [0.4, 0.5) is 16.2 Å². The summed E-state index contributed by atoms with van der Waals surface area (Å²) >= 11 is 0. The minimum atomic E-state index is -0.352. The van der Waals surface area contributed by atoms with Crippen LogP contribution in [0.1, 0.15) is 0 Å². The molecule has 5 rings (SSSR count). The van der Waals surface area contributed by atoms with Crippen LogP contribution in [0.25, 0.3) is 22.4 Å². The van der Waals surface area contributed by atoms with E-state index in [1.807, 2.05) is 103 Å². The summed E-state index contributed by atoms with van der Waals surface area (Å²) in [5, 5.41) is 8.73. The van der Waals surface area contributed by atoms with Crippen molar-refractivity contribution in [3.8, 4) is 22.4 Å². The molecular weight excluding hydrogens is 396 g/mol. The first-order chi connectivity index (χ1) is 15.8. The maximum absolute atomic E-state index is 13.4. The minimum Gasteiger partial charge on any atom is -0.260 e. The van der Waals surface area contributed by atoms with Crippen LogP contribution in [0.3, 0.4) is 0 Å². The van der Waals surface area contributed by atoms with Gasteiger partial charge in [-0.05, 0) is 35.4 Å². The van der Waals surface area contributed by atoms with Crippen LogP contribution < -0.4 is 4.90 Å². The van der Waals surface area contributed by atoms with Crippen molar-refractivity contribution in [1.29, 1.82) is 0 Å². The van der Waals surface area contributed by atoms with Gasteiger partial charge in [-0.3, -0.25) is 4.90 Å². The zero-order valence-corrected chi connectivity index (χ0v) is 17.2. The predicted molar refractivity (Wildman–Crippen MR) is 127 cm³/mol. The van der Waals surface area contributed by atoms with E-state index >= 15 is 0 Å². The fourth-order valence-electron chi connectivity index (χ4n) is 3.57. The number of hydrogen-bond acceptors (Lipinski definition) is 3. The molecule has 0 saturated carbocycles. The van der Waals surface area contributed by atoms with Gasteiger partial charge in [0.1, 0.15) is 5.69 Å². The van der Waals surface area contributed by atoms with Crippen molar-refractivity contribution in [1.82, 2.24) is 15.0 Å². The molecule has 0 saturated heterocycles. The van der Waals surface area contributed by atoms with Gasteiger partial charge in [-0.1, -0.05) is 95.8 Å². The monoisotopic (exact) mass is 416 g/mol. The van der Waals surface area contributed by atoms with Gasteiger partial charge in [0.15, 0.2) is 0 Å². The molecular formula is C27H20N4O. The van der Waals surface area contributed by atoms with Crippen LogP contribution in [0, 0.1) is 0 Å². The molecule has 154 valence electrons. The second-order valence-corrected chi connectivity index (χ2v) is 7.25. The van der Waals surface area contributed by atoms with E-state index in [2.05, 4.69) is 22.3 Å².